The van der Waals surface area contributed by atoms with Gasteiger partial charge in [-0.25, -0.2) is 4.39 Å². The molecule has 0 radical (unpaired) electrons. The van der Waals surface area contributed by atoms with Crippen molar-refractivity contribution >= 4 is 28.7 Å². The van der Waals surface area contributed by atoms with E-state index in [9.17, 15) is 29.4 Å². The van der Waals surface area contributed by atoms with Crippen LogP contribution in [0.1, 0.15) is 23.2 Å². The number of carbonyl (C=O) groups is 1. The molecular formula is C17H15FN4O5. The standard InChI is InChI=1S/C17H15FN4O5/c18-12-7-13(9-14(8-12)20-3-1-2-4-20)19-17(23)11-5-15(21(24)25)10-16(6-11)22(26)27/h5-10H,1-4H2,(H,19,23). The van der Waals surface area contributed by atoms with E-state index in [2.05, 4.69) is 5.32 Å². The van der Waals surface area contributed by atoms with Gasteiger partial charge in [-0.15, -0.1) is 0 Å². The summed E-state index contributed by atoms with van der Waals surface area (Å²) in [7, 11) is 0. The zero-order valence-corrected chi connectivity index (χ0v) is 14.1. The predicted octanol–water partition coefficient (Wildman–Crippen LogP) is 3.49. The van der Waals surface area contributed by atoms with E-state index in [1.807, 2.05) is 4.90 Å². The van der Waals surface area contributed by atoms with Crippen LogP contribution in [0.25, 0.3) is 0 Å². The fraction of sp³-hybridized carbons (Fsp3) is 0.235. The van der Waals surface area contributed by atoms with Gasteiger partial charge in [-0.1, -0.05) is 0 Å². The summed E-state index contributed by atoms with van der Waals surface area (Å²) in [6, 6.07) is 6.71. The molecule has 2 aromatic rings. The van der Waals surface area contributed by atoms with Crippen LogP contribution in [0.4, 0.5) is 27.1 Å². The molecule has 1 aliphatic rings. The van der Waals surface area contributed by atoms with Crippen molar-refractivity contribution in [2.45, 2.75) is 12.8 Å². The average molecular weight is 374 g/mol. The smallest absolute Gasteiger partial charge is 0.277 e. The van der Waals surface area contributed by atoms with Crippen molar-refractivity contribution in [2.75, 3.05) is 23.3 Å². The van der Waals surface area contributed by atoms with Gasteiger partial charge in [0.15, 0.2) is 0 Å². The van der Waals surface area contributed by atoms with Gasteiger partial charge in [-0.2, -0.15) is 0 Å². The lowest BCUT2D eigenvalue weighted by atomic mass is 10.1. The largest absolute Gasteiger partial charge is 0.371 e. The fourth-order valence-electron chi connectivity index (χ4n) is 2.94. The Labute approximate surface area is 152 Å². The maximum atomic E-state index is 13.9. The lowest BCUT2D eigenvalue weighted by molar-refractivity contribution is -0.394. The zero-order valence-electron chi connectivity index (χ0n) is 14.1. The molecule has 2 aromatic carbocycles. The number of nitrogens with one attached hydrogen (secondary N) is 1. The van der Waals surface area contributed by atoms with Gasteiger partial charge in [0.1, 0.15) is 5.82 Å². The Bertz CT molecular complexity index is 895. The highest BCUT2D eigenvalue weighted by atomic mass is 19.1. The Morgan fingerprint density at radius 3 is 2.11 bits per heavy atom. The molecule has 1 N–H and O–H groups in total. The normalized spacial score (nSPS) is 13.4. The summed E-state index contributed by atoms with van der Waals surface area (Å²) in [6.07, 6.45) is 1.99. The highest BCUT2D eigenvalue weighted by Crippen LogP contribution is 2.27. The van der Waals surface area contributed by atoms with Gasteiger partial charge in [-0.05, 0) is 31.0 Å². The van der Waals surface area contributed by atoms with Crippen molar-refractivity contribution in [3.8, 4) is 0 Å². The van der Waals surface area contributed by atoms with E-state index < -0.39 is 32.9 Å². The summed E-state index contributed by atoms with van der Waals surface area (Å²) in [5.74, 6) is -1.35. The number of carbonyl (C=O) groups excluding carboxylic acids is 1. The predicted molar refractivity (Wildman–Crippen MR) is 95.6 cm³/mol. The second kappa shape index (κ2) is 7.36. The number of non-ortho nitro benzene ring substituents is 2. The molecule has 0 aromatic heterocycles. The molecule has 3 rings (SSSR count). The second-order valence-corrected chi connectivity index (χ2v) is 6.10. The quantitative estimate of drug-likeness (QED) is 0.632. The van der Waals surface area contributed by atoms with E-state index >= 15 is 0 Å². The molecule has 140 valence electrons. The maximum Gasteiger partial charge on any atom is 0.277 e. The number of hydrogen-bond acceptors (Lipinski definition) is 6. The maximum absolute atomic E-state index is 13.9. The lowest BCUT2D eigenvalue weighted by Crippen LogP contribution is -2.18. The number of benzene rings is 2. The van der Waals surface area contributed by atoms with Gasteiger partial charge in [0.25, 0.3) is 17.3 Å². The first-order valence-corrected chi connectivity index (χ1v) is 8.14. The number of nitro groups is 2. The van der Waals surface area contributed by atoms with E-state index in [-0.39, 0.29) is 11.3 Å². The van der Waals surface area contributed by atoms with Gasteiger partial charge in [-0.3, -0.25) is 25.0 Å². The molecule has 1 saturated heterocycles. The summed E-state index contributed by atoms with van der Waals surface area (Å²) in [5.41, 5.74) is -0.635. The van der Waals surface area contributed by atoms with Crippen LogP contribution in [0.15, 0.2) is 36.4 Å². The van der Waals surface area contributed by atoms with Crippen LogP contribution in [-0.4, -0.2) is 28.8 Å². The topological polar surface area (TPSA) is 119 Å². The van der Waals surface area contributed by atoms with Crippen LogP contribution in [0.3, 0.4) is 0 Å². The molecule has 0 unspecified atom stereocenters. The van der Waals surface area contributed by atoms with Crippen LogP contribution < -0.4 is 10.2 Å². The van der Waals surface area contributed by atoms with Crippen molar-refractivity contribution < 1.29 is 19.0 Å². The minimum Gasteiger partial charge on any atom is -0.371 e. The van der Waals surface area contributed by atoms with Crippen molar-refractivity contribution in [2.24, 2.45) is 0 Å². The second-order valence-electron chi connectivity index (χ2n) is 6.10. The van der Waals surface area contributed by atoms with Crippen molar-refractivity contribution in [1.29, 1.82) is 0 Å². The number of amides is 1. The van der Waals surface area contributed by atoms with Crippen LogP contribution in [0, 0.1) is 26.0 Å². The fourth-order valence-corrected chi connectivity index (χ4v) is 2.94. The van der Waals surface area contributed by atoms with Crippen LogP contribution in [-0.2, 0) is 0 Å². The minimum atomic E-state index is -0.822. The molecular weight excluding hydrogens is 359 g/mol. The summed E-state index contributed by atoms with van der Waals surface area (Å²) < 4.78 is 13.9. The molecule has 1 fully saturated rings. The molecule has 0 atom stereocenters. The molecule has 1 heterocycles. The van der Waals surface area contributed by atoms with E-state index in [1.54, 1.807) is 6.07 Å². The van der Waals surface area contributed by atoms with Crippen molar-refractivity contribution in [3.05, 3.63) is 68.0 Å². The summed E-state index contributed by atoms with van der Waals surface area (Å²) >= 11 is 0. The SMILES string of the molecule is O=C(Nc1cc(F)cc(N2CCCC2)c1)c1cc([N+](=O)[O-])cc([N+](=O)[O-])c1. The Morgan fingerprint density at radius 1 is 0.963 bits per heavy atom. The number of nitrogens with zero attached hydrogens (tertiary/aromatic N) is 3. The first-order chi connectivity index (χ1) is 12.8. The number of nitro benzene ring substituents is 2. The lowest BCUT2D eigenvalue weighted by Gasteiger charge is -2.18. The Kier molecular flexibility index (Phi) is 4.97. The molecule has 9 nitrogen and oxygen atoms in total. The van der Waals surface area contributed by atoms with Crippen molar-refractivity contribution in [3.63, 3.8) is 0 Å². The minimum absolute atomic E-state index is 0.163. The van der Waals surface area contributed by atoms with Gasteiger partial charge >= 0.3 is 0 Å². The van der Waals surface area contributed by atoms with Crippen LogP contribution in [0.2, 0.25) is 0 Å². The van der Waals surface area contributed by atoms with Crippen LogP contribution >= 0.6 is 0 Å². The highest BCUT2D eigenvalue weighted by molar-refractivity contribution is 6.05. The molecule has 0 aliphatic carbocycles. The van der Waals surface area contributed by atoms with E-state index in [0.717, 1.165) is 50.2 Å². The molecule has 10 heteroatoms. The zero-order chi connectivity index (χ0) is 19.6. The summed E-state index contributed by atoms with van der Waals surface area (Å²) in [5, 5.41) is 24.3. The van der Waals surface area contributed by atoms with Gasteiger partial charge in [0.05, 0.1) is 21.5 Å². The third-order valence-corrected chi connectivity index (χ3v) is 4.20. The van der Waals surface area contributed by atoms with Gasteiger partial charge in [0, 0.05) is 36.6 Å². The molecule has 27 heavy (non-hydrogen) atoms. The number of rotatable bonds is 5. The number of halogens is 1. The van der Waals surface area contributed by atoms with E-state index in [1.165, 1.54) is 6.07 Å². The Hall–Kier alpha value is -3.56. The van der Waals surface area contributed by atoms with Crippen molar-refractivity contribution in [1.82, 2.24) is 0 Å². The third kappa shape index (κ3) is 4.17. The van der Waals surface area contributed by atoms with Crippen LogP contribution in [0.5, 0.6) is 0 Å². The monoisotopic (exact) mass is 374 g/mol. The summed E-state index contributed by atoms with van der Waals surface area (Å²) in [6.45, 7) is 1.57. The summed E-state index contributed by atoms with van der Waals surface area (Å²) in [4.78, 5) is 34.6. The molecule has 0 bridgehead atoms. The number of hydrogen-bond donors (Lipinski definition) is 1. The first kappa shape index (κ1) is 18.2. The third-order valence-electron chi connectivity index (χ3n) is 4.20. The number of anilines is 2. The molecule has 1 amide bonds. The molecule has 1 aliphatic heterocycles. The van der Waals surface area contributed by atoms with E-state index in [4.69, 9.17) is 0 Å². The molecule has 0 saturated carbocycles. The Balaban J connectivity index is 1.89. The van der Waals surface area contributed by atoms with Gasteiger partial charge < -0.3 is 10.2 Å². The van der Waals surface area contributed by atoms with Gasteiger partial charge in [0.2, 0.25) is 0 Å². The van der Waals surface area contributed by atoms with E-state index in [0.29, 0.717) is 5.69 Å². The Morgan fingerprint density at radius 2 is 1.56 bits per heavy atom. The highest BCUT2D eigenvalue weighted by Gasteiger charge is 2.21. The average Bonchev–Trinajstić information content (AvgIpc) is 3.15. The molecule has 0 spiro atoms. The first-order valence-electron chi connectivity index (χ1n) is 8.14.